The molecule has 1 aromatic rings. The molecule has 0 atom stereocenters. The van der Waals surface area contributed by atoms with E-state index in [1.165, 1.54) is 45.1 Å². The molecule has 1 N–H and O–H groups in total. The van der Waals surface area contributed by atoms with Crippen LogP contribution in [0.5, 0.6) is 0 Å². The highest BCUT2D eigenvalue weighted by molar-refractivity contribution is 5.32. The molecule has 0 aromatic heterocycles. The van der Waals surface area contributed by atoms with Gasteiger partial charge in [0.05, 0.1) is 0 Å². The molecule has 0 unspecified atom stereocenters. The van der Waals surface area contributed by atoms with Crippen LogP contribution in [0.1, 0.15) is 51.0 Å². The Balaban J connectivity index is 1.73. The molecule has 0 saturated heterocycles. The maximum atomic E-state index is 3.66. The van der Waals surface area contributed by atoms with Crippen LogP contribution in [0.4, 0.5) is 0 Å². The second-order valence-corrected chi connectivity index (χ2v) is 6.53. The van der Waals surface area contributed by atoms with Crippen molar-refractivity contribution < 1.29 is 0 Å². The van der Waals surface area contributed by atoms with Gasteiger partial charge in [0.2, 0.25) is 0 Å². The molecule has 2 aliphatic carbocycles. The monoisotopic (exact) mass is 243 g/mol. The van der Waals surface area contributed by atoms with Crippen molar-refractivity contribution in [3.8, 4) is 0 Å². The van der Waals surface area contributed by atoms with Crippen molar-refractivity contribution in [2.45, 2.75) is 50.9 Å². The third-order valence-electron chi connectivity index (χ3n) is 5.12. The summed E-state index contributed by atoms with van der Waals surface area (Å²) in [6, 6.07) is 11.2. The van der Waals surface area contributed by atoms with Gasteiger partial charge in [-0.2, -0.15) is 0 Å². The van der Waals surface area contributed by atoms with Crippen LogP contribution in [0, 0.1) is 5.41 Å². The minimum absolute atomic E-state index is 0.441. The fourth-order valence-electron chi connectivity index (χ4n) is 4.14. The van der Waals surface area contributed by atoms with E-state index in [1.807, 2.05) is 0 Å². The van der Waals surface area contributed by atoms with E-state index < -0.39 is 0 Å². The summed E-state index contributed by atoms with van der Waals surface area (Å²) in [7, 11) is 0. The van der Waals surface area contributed by atoms with Crippen LogP contribution < -0.4 is 5.32 Å². The van der Waals surface area contributed by atoms with Crippen molar-refractivity contribution in [2.75, 3.05) is 13.1 Å². The Hall–Kier alpha value is -0.820. The lowest BCUT2D eigenvalue weighted by Crippen LogP contribution is -2.57. The summed E-state index contributed by atoms with van der Waals surface area (Å²) in [5, 5.41) is 3.66. The highest BCUT2D eigenvalue weighted by Gasteiger charge is 2.57. The molecule has 2 fully saturated rings. The zero-order valence-electron chi connectivity index (χ0n) is 11.5. The largest absolute Gasteiger partial charge is 0.316 e. The van der Waals surface area contributed by atoms with E-state index >= 15 is 0 Å². The van der Waals surface area contributed by atoms with Crippen molar-refractivity contribution >= 4 is 0 Å². The Morgan fingerprint density at radius 2 is 1.83 bits per heavy atom. The predicted octanol–water partition coefficient (Wildman–Crippen LogP) is 3.89. The summed E-state index contributed by atoms with van der Waals surface area (Å²) in [4.78, 5) is 0. The molecule has 0 amide bonds. The Bertz CT molecular complexity index is 383. The first-order chi connectivity index (χ1) is 8.79. The molecule has 0 aliphatic heterocycles. The Morgan fingerprint density at radius 1 is 1.11 bits per heavy atom. The van der Waals surface area contributed by atoms with Crippen molar-refractivity contribution in [1.29, 1.82) is 0 Å². The fourth-order valence-corrected chi connectivity index (χ4v) is 4.14. The minimum atomic E-state index is 0.441. The Morgan fingerprint density at radius 3 is 2.39 bits per heavy atom. The molecule has 18 heavy (non-hydrogen) atoms. The van der Waals surface area contributed by atoms with Crippen LogP contribution in [0.25, 0.3) is 0 Å². The Kier molecular flexibility index (Phi) is 3.19. The summed E-state index contributed by atoms with van der Waals surface area (Å²) >= 11 is 0. The molecular formula is C17H25N. The van der Waals surface area contributed by atoms with Gasteiger partial charge in [-0.05, 0) is 49.6 Å². The molecule has 2 saturated carbocycles. The quantitative estimate of drug-likeness (QED) is 0.774. The van der Waals surface area contributed by atoms with Crippen molar-refractivity contribution in [3.05, 3.63) is 35.9 Å². The summed E-state index contributed by atoms with van der Waals surface area (Å²) in [6.07, 6.45) is 8.50. The number of rotatable bonds is 5. The van der Waals surface area contributed by atoms with E-state index in [0.29, 0.717) is 5.41 Å². The zero-order valence-corrected chi connectivity index (χ0v) is 11.5. The average Bonchev–Trinajstić information content (AvgIpc) is 2.31. The molecule has 0 heterocycles. The third-order valence-corrected chi connectivity index (χ3v) is 5.12. The molecule has 0 radical (unpaired) electrons. The lowest BCUT2D eigenvalue weighted by atomic mass is 9.43. The zero-order chi connectivity index (χ0) is 12.5. The highest BCUT2D eigenvalue weighted by Crippen LogP contribution is 2.64. The van der Waals surface area contributed by atoms with Gasteiger partial charge in [0.1, 0.15) is 0 Å². The molecule has 1 nitrogen and oxygen atoms in total. The van der Waals surface area contributed by atoms with Crippen molar-refractivity contribution in [3.63, 3.8) is 0 Å². The van der Waals surface area contributed by atoms with Crippen LogP contribution >= 0.6 is 0 Å². The van der Waals surface area contributed by atoms with Gasteiger partial charge in [-0.15, -0.1) is 0 Å². The van der Waals surface area contributed by atoms with E-state index in [-0.39, 0.29) is 0 Å². The first kappa shape index (κ1) is 12.2. The summed E-state index contributed by atoms with van der Waals surface area (Å²) in [5.41, 5.74) is 2.74. The minimum Gasteiger partial charge on any atom is -0.316 e. The summed E-state index contributed by atoms with van der Waals surface area (Å²) < 4.78 is 0. The van der Waals surface area contributed by atoms with Gasteiger partial charge in [-0.25, -0.2) is 0 Å². The summed E-state index contributed by atoms with van der Waals surface area (Å²) in [5.74, 6) is 0. The molecule has 1 heteroatoms. The molecule has 1 spiro atoms. The third kappa shape index (κ3) is 1.99. The molecule has 1 aromatic carbocycles. The van der Waals surface area contributed by atoms with Crippen LogP contribution in [0.3, 0.4) is 0 Å². The Labute approximate surface area is 111 Å². The highest BCUT2D eigenvalue weighted by atomic mass is 14.9. The van der Waals surface area contributed by atoms with Crippen LogP contribution in [-0.4, -0.2) is 13.1 Å². The van der Waals surface area contributed by atoms with E-state index in [1.54, 1.807) is 5.56 Å². The maximum absolute atomic E-state index is 3.66. The van der Waals surface area contributed by atoms with Gasteiger partial charge in [-0.1, -0.05) is 43.7 Å². The summed E-state index contributed by atoms with van der Waals surface area (Å²) in [6.45, 7) is 4.57. The van der Waals surface area contributed by atoms with Gasteiger partial charge in [0, 0.05) is 12.0 Å². The lowest BCUT2D eigenvalue weighted by molar-refractivity contribution is -0.0481. The number of hydrogen-bond acceptors (Lipinski definition) is 1. The first-order valence-corrected chi connectivity index (χ1v) is 7.55. The van der Waals surface area contributed by atoms with E-state index in [4.69, 9.17) is 0 Å². The van der Waals surface area contributed by atoms with Crippen LogP contribution in [0.15, 0.2) is 30.3 Å². The van der Waals surface area contributed by atoms with Gasteiger partial charge in [0.25, 0.3) is 0 Å². The van der Waals surface area contributed by atoms with Gasteiger partial charge < -0.3 is 5.32 Å². The SMILES string of the molecule is CCCNCC1(c2ccccc2)CC2(CCC2)C1. The number of benzene rings is 1. The van der Waals surface area contributed by atoms with Gasteiger partial charge in [0.15, 0.2) is 0 Å². The maximum Gasteiger partial charge on any atom is 0.00883 e. The van der Waals surface area contributed by atoms with Gasteiger partial charge >= 0.3 is 0 Å². The average molecular weight is 243 g/mol. The van der Waals surface area contributed by atoms with Crippen LogP contribution in [0.2, 0.25) is 0 Å². The fraction of sp³-hybridized carbons (Fsp3) is 0.647. The first-order valence-electron chi connectivity index (χ1n) is 7.55. The molecule has 3 rings (SSSR count). The second-order valence-electron chi connectivity index (χ2n) is 6.53. The van der Waals surface area contributed by atoms with E-state index in [9.17, 15) is 0 Å². The van der Waals surface area contributed by atoms with E-state index in [0.717, 1.165) is 12.0 Å². The number of hydrogen-bond donors (Lipinski definition) is 1. The lowest BCUT2D eigenvalue weighted by Gasteiger charge is -2.61. The second kappa shape index (κ2) is 4.70. The van der Waals surface area contributed by atoms with Crippen molar-refractivity contribution in [1.82, 2.24) is 5.32 Å². The topological polar surface area (TPSA) is 12.0 Å². The predicted molar refractivity (Wildman–Crippen MR) is 76.8 cm³/mol. The molecule has 98 valence electrons. The standard InChI is InChI=1S/C17H25N/c1-2-11-18-14-17(15-7-4-3-5-8-15)12-16(13-17)9-6-10-16/h3-5,7-8,18H,2,6,9-14H2,1H3. The molecular weight excluding hydrogens is 218 g/mol. The number of nitrogens with one attached hydrogen (secondary N) is 1. The normalized spacial score (nSPS) is 23.4. The van der Waals surface area contributed by atoms with Crippen molar-refractivity contribution in [2.24, 2.45) is 5.41 Å². The molecule has 0 bridgehead atoms. The smallest absolute Gasteiger partial charge is 0.00883 e. The molecule has 2 aliphatic rings. The van der Waals surface area contributed by atoms with E-state index in [2.05, 4.69) is 42.6 Å². The van der Waals surface area contributed by atoms with Crippen LogP contribution in [-0.2, 0) is 5.41 Å². The van der Waals surface area contributed by atoms with Gasteiger partial charge in [-0.3, -0.25) is 0 Å².